The summed E-state index contributed by atoms with van der Waals surface area (Å²) >= 11 is 0. The summed E-state index contributed by atoms with van der Waals surface area (Å²) in [7, 11) is 0. The van der Waals surface area contributed by atoms with Crippen LogP contribution in [-0.4, -0.2) is 28.8 Å². The van der Waals surface area contributed by atoms with E-state index in [-0.39, 0.29) is 24.7 Å². The Bertz CT molecular complexity index is 847. The molecule has 0 unspecified atom stereocenters. The first kappa shape index (κ1) is 19.9. The van der Waals surface area contributed by atoms with E-state index in [1.54, 1.807) is 6.92 Å². The molecule has 0 aliphatic carbocycles. The number of amides is 1. The average Bonchev–Trinajstić information content (AvgIpc) is 2.64. The molecule has 2 aromatic carbocycles. The van der Waals surface area contributed by atoms with Gasteiger partial charge in [-0.05, 0) is 30.5 Å². The van der Waals surface area contributed by atoms with Crippen LogP contribution >= 0.6 is 0 Å². The Morgan fingerprint density at radius 2 is 1.93 bits per heavy atom. The third-order valence-corrected chi connectivity index (χ3v) is 3.77. The molecule has 2 N–H and O–H groups in total. The van der Waals surface area contributed by atoms with Gasteiger partial charge in [0.2, 0.25) is 11.7 Å². The van der Waals surface area contributed by atoms with E-state index >= 15 is 0 Å². The number of carbonyl (C=O) groups excluding carboxylic acids is 1. The maximum atomic E-state index is 12.0. The second-order valence-corrected chi connectivity index (χ2v) is 5.72. The Labute approximate surface area is 156 Å². The van der Waals surface area contributed by atoms with E-state index in [4.69, 9.17) is 4.74 Å². The van der Waals surface area contributed by atoms with Crippen molar-refractivity contribution in [3.05, 3.63) is 63.2 Å². The highest BCUT2D eigenvalue weighted by atomic mass is 16.6. The summed E-state index contributed by atoms with van der Waals surface area (Å²) in [5, 5.41) is 24.7. The number of nitro benzene ring substituents is 1. The zero-order valence-corrected chi connectivity index (χ0v) is 15.1. The fourth-order valence-electron chi connectivity index (χ4n) is 2.39. The molecule has 0 bridgehead atoms. The number of phenols is 1. The number of phenolic OH excluding ortho intramolecular Hbond substituents is 1. The molecule has 142 valence electrons. The van der Waals surface area contributed by atoms with Crippen LogP contribution in [0.2, 0.25) is 0 Å². The Kier molecular flexibility index (Phi) is 6.87. The minimum atomic E-state index is -0.715. The van der Waals surface area contributed by atoms with Crippen LogP contribution < -0.4 is 10.2 Å². The second-order valence-electron chi connectivity index (χ2n) is 5.72. The van der Waals surface area contributed by atoms with Crippen LogP contribution in [0.3, 0.4) is 0 Å². The van der Waals surface area contributed by atoms with Gasteiger partial charge in [0.15, 0.2) is 5.75 Å². The first-order valence-corrected chi connectivity index (χ1v) is 8.48. The fourth-order valence-corrected chi connectivity index (χ4v) is 2.39. The van der Waals surface area contributed by atoms with Gasteiger partial charge in [-0.25, -0.2) is 5.43 Å². The van der Waals surface area contributed by atoms with E-state index in [9.17, 15) is 20.0 Å². The molecule has 0 spiro atoms. The van der Waals surface area contributed by atoms with Crippen molar-refractivity contribution < 1.29 is 19.6 Å². The molecule has 0 heterocycles. The fraction of sp³-hybridized carbons (Fsp3) is 0.263. The predicted molar refractivity (Wildman–Crippen MR) is 101 cm³/mol. The number of rotatable bonds is 8. The van der Waals surface area contributed by atoms with Crippen molar-refractivity contribution in [1.82, 2.24) is 5.43 Å². The molecule has 0 atom stereocenters. The van der Waals surface area contributed by atoms with Crippen LogP contribution in [0.5, 0.6) is 11.5 Å². The summed E-state index contributed by atoms with van der Waals surface area (Å²) in [4.78, 5) is 22.3. The average molecular weight is 371 g/mol. The molecule has 0 aliphatic rings. The number of nitro groups is 1. The topological polar surface area (TPSA) is 114 Å². The Morgan fingerprint density at radius 1 is 1.26 bits per heavy atom. The van der Waals surface area contributed by atoms with Gasteiger partial charge in [-0.3, -0.25) is 14.9 Å². The van der Waals surface area contributed by atoms with E-state index in [1.165, 1.54) is 17.8 Å². The van der Waals surface area contributed by atoms with E-state index in [0.29, 0.717) is 5.56 Å². The lowest BCUT2D eigenvalue weighted by molar-refractivity contribution is -0.386. The van der Waals surface area contributed by atoms with Gasteiger partial charge < -0.3 is 9.84 Å². The molecule has 2 aromatic rings. The molecular formula is C19H21N3O5. The van der Waals surface area contributed by atoms with Gasteiger partial charge in [0, 0.05) is 11.6 Å². The van der Waals surface area contributed by atoms with Crippen molar-refractivity contribution in [3.8, 4) is 11.5 Å². The van der Waals surface area contributed by atoms with Crippen molar-refractivity contribution in [3.63, 3.8) is 0 Å². The van der Waals surface area contributed by atoms with Gasteiger partial charge in [-0.1, -0.05) is 31.2 Å². The maximum Gasteiger partial charge on any atom is 0.315 e. The van der Waals surface area contributed by atoms with Crippen LogP contribution in [0.4, 0.5) is 5.69 Å². The van der Waals surface area contributed by atoms with Crippen LogP contribution in [-0.2, 0) is 17.6 Å². The predicted octanol–water partition coefficient (Wildman–Crippen LogP) is 2.95. The number of aryl methyl sites for hydroxylation is 1. The molecule has 2 rings (SSSR count). The Morgan fingerprint density at radius 3 is 2.52 bits per heavy atom. The molecule has 8 nitrogen and oxygen atoms in total. The summed E-state index contributed by atoms with van der Waals surface area (Å²) in [5.41, 5.74) is 4.25. The summed E-state index contributed by atoms with van der Waals surface area (Å²) in [6.45, 7) is 3.99. The zero-order chi connectivity index (χ0) is 19.8. The SMILES string of the molecule is CCOc1cc(/C=N/NC(=O)Cc2ccc(CC)cc2)cc([N+](=O)[O-])c1O. The highest BCUT2D eigenvalue weighted by Gasteiger charge is 2.19. The molecule has 0 aromatic heterocycles. The van der Waals surface area contributed by atoms with Crippen molar-refractivity contribution in [2.24, 2.45) is 5.10 Å². The van der Waals surface area contributed by atoms with E-state index in [0.717, 1.165) is 18.1 Å². The molecule has 0 saturated heterocycles. The van der Waals surface area contributed by atoms with Gasteiger partial charge in [0.05, 0.1) is 24.2 Å². The Balaban J connectivity index is 2.05. The van der Waals surface area contributed by atoms with Gasteiger partial charge in [0.25, 0.3) is 0 Å². The number of hydrogen-bond acceptors (Lipinski definition) is 6. The number of hydrogen-bond donors (Lipinski definition) is 2. The second kappa shape index (κ2) is 9.33. The van der Waals surface area contributed by atoms with Gasteiger partial charge in [-0.15, -0.1) is 0 Å². The lowest BCUT2D eigenvalue weighted by Gasteiger charge is -2.07. The van der Waals surface area contributed by atoms with Gasteiger partial charge in [0.1, 0.15) is 0 Å². The molecule has 27 heavy (non-hydrogen) atoms. The number of ether oxygens (including phenoxy) is 1. The molecule has 8 heteroatoms. The standard InChI is InChI=1S/C19H21N3O5/c1-3-13-5-7-14(8-6-13)11-18(23)21-20-12-15-9-16(22(25)26)19(24)17(10-15)27-4-2/h5-10,12,24H,3-4,11H2,1-2H3,(H,21,23)/b20-12+. The minimum absolute atomic E-state index is 0.0181. The number of aromatic hydroxyl groups is 1. The van der Waals surface area contributed by atoms with Crippen LogP contribution in [0.25, 0.3) is 0 Å². The van der Waals surface area contributed by atoms with Crippen molar-refractivity contribution in [1.29, 1.82) is 0 Å². The lowest BCUT2D eigenvalue weighted by Crippen LogP contribution is -2.19. The highest BCUT2D eigenvalue weighted by Crippen LogP contribution is 2.36. The number of hydrazone groups is 1. The quantitative estimate of drug-likeness (QED) is 0.421. The number of benzene rings is 2. The van der Waals surface area contributed by atoms with Crippen molar-refractivity contribution in [2.45, 2.75) is 26.7 Å². The smallest absolute Gasteiger partial charge is 0.315 e. The summed E-state index contributed by atoms with van der Waals surface area (Å²) in [6.07, 6.45) is 2.35. The summed E-state index contributed by atoms with van der Waals surface area (Å²) in [5.74, 6) is -0.872. The number of nitrogens with zero attached hydrogens (tertiary/aromatic N) is 2. The Hall–Kier alpha value is -3.42. The largest absolute Gasteiger partial charge is 0.500 e. The van der Waals surface area contributed by atoms with E-state index in [1.807, 2.05) is 24.3 Å². The zero-order valence-electron chi connectivity index (χ0n) is 15.1. The third-order valence-electron chi connectivity index (χ3n) is 3.77. The van der Waals surface area contributed by atoms with Crippen LogP contribution in [0.15, 0.2) is 41.5 Å². The first-order chi connectivity index (χ1) is 12.9. The lowest BCUT2D eigenvalue weighted by atomic mass is 10.1. The van der Waals surface area contributed by atoms with Crippen molar-refractivity contribution in [2.75, 3.05) is 6.61 Å². The maximum absolute atomic E-state index is 12.0. The number of nitrogens with one attached hydrogen (secondary N) is 1. The summed E-state index contributed by atoms with van der Waals surface area (Å²) < 4.78 is 5.19. The van der Waals surface area contributed by atoms with E-state index < -0.39 is 16.4 Å². The van der Waals surface area contributed by atoms with Gasteiger partial charge >= 0.3 is 5.69 Å². The van der Waals surface area contributed by atoms with Crippen LogP contribution in [0, 0.1) is 10.1 Å². The molecular weight excluding hydrogens is 350 g/mol. The normalized spacial score (nSPS) is 10.7. The molecule has 0 aliphatic heterocycles. The molecule has 1 amide bonds. The van der Waals surface area contributed by atoms with Gasteiger partial charge in [-0.2, -0.15) is 5.10 Å². The summed E-state index contributed by atoms with van der Waals surface area (Å²) in [6, 6.07) is 10.3. The van der Waals surface area contributed by atoms with Crippen molar-refractivity contribution >= 4 is 17.8 Å². The van der Waals surface area contributed by atoms with E-state index in [2.05, 4.69) is 17.5 Å². The first-order valence-electron chi connectivity index (χ1n) is 8.48. The molecule has 0 saturated carbocycles. The minimum Gasteiger partial charge on any atom is -0.500 e. The third kappa shape index (κ3) is 5.53. The highest BCUT2D eigenvalue weighted by molar-refractivity contribution is 5.85. The molecule has 0 fully saturated rings. The van der Waals surface area contributed by atoms with Crippen LogP contribution in [0.1, 0.15) is 30.5 Å². The molecule has 0 radical (unpaired) electrons. The number of carbonyl (C=O) groups is 1. The monoisotopic (exact) mass is 371 g/mol.